The van der Waals surface area contributed by atoms with Crippen LogP contribution in [0.2, 0.25) is 0 Å². The van der Waals surface area contributed by atoms with Gasteiger partial charge in [0.25, 0.3) is 19.9 Å². The lowest BCUT2D eigenvalue weighted by Gasteiger charge is -2.19. The first kappa shape index (κ1) is 22.8. The highest BCUT2D eigenvalue weighted by atomic mass is 32.2. The van der Waals surface area contributed by atoms with Gasteiger partial charge in [0.15, 0.2) is 0 Å². The number of hydrogen-bond acceptors (Lipinski definition) is 5. The minimum absolute atomic E-state index is 0.123. The SMILES string of the molecule is O=S(=O)(Nc1ccc(S(=O)(=O)C(F)(F)F)cc1C(O)c1ccccc1)c1ccccc1. The predicted molar refractivity (Wildman–Crippen MR) is 107 cm³/mol. The van der Waals surface area contributed by atoms with Gasteiger partial charge in [0, 0.05) is 5.56 Å². The van der Waals surface area contributed by atoms with E-state index in [0.29, 0.717) is 12.1 Å². The van der Waals surface area contributed by atoms with Crippen LogP contribution in [0, 0.1) is 0 Å². The molecule has 0 saturated carbocycles. The molecule has 0 aliphatic carbocycles. The molecule has 3 aromatic rings. The second-order valence-corrected chi connectivity index (χ2v) is 10.1. The Hall–Kier alpha value is -2.89. The molecule has 0 heterocycles. The smallest absolute Gasteiger partial charge is 0.384 e. The largest absolute Gasteiger partial charge is 0.501 e. The third-order valence-corrected chi connectivity index (χ3v) is 7.21. The highest BCUT2D eigenvalue weighted by Crippen LogP contribution is 2.36. The molecule has 0 fully saturated rings. The van der Waals surface area contributed by atoms with Crippen LogP contribution >= 0.6 is 0 Å². The number of rotatable bonds is 6. The van der Waals surface area contributed by atoms with Crippen molar-refractivity contribution in [1.82, 2.24) is 0 Å². The van der Waals surface area contributed by atoms with Crippen molar-refractivity contribution < 1.29 is 35.1 Å². The lowest BCUT2D eigenvalue weighted by Crippen LogP contribution is -2.24. The van der Waals surface area contributed by atoms with Gasteiger partial charge in [-0.1, -0.05) is 48.5 Å². The summed E-state index contributed by atoms with van der Waals surface area (Å²) in [4.78, 5) is -1.24. The van der Waals surface area contributed by atoms with Crippen LogP contribution in [0.25, 0.3) is 0 Å². The molecule has 1 unspecified atom stereocenters. The fourth-order valence-corrected chi connectivity index (χ4v) is 4.68. The van der Waals surface area contributed by atoms with Crippen molar-refractivity contribution in [3.8, 4) is 0 Å². The normalized spacial score (nSPS) is 13.5. The van der Waals surface area contributed by atoms with Gasteiger partial charge in [0.05, 0.1) is 15.5 Å². The summed E-state index contributed by atoms with van der Waals surface area (Å²) in [5.41, 5.74) is -5.95. The molecule has 0 aliphatic rings. The van der Waals surface area contributed by atoms with Crippen molar-refractivity contribution in [2.45, 2.75) is 21.4 Å². The molecule has 0 radical (unpaired) electrons. The van der Waals surface area contributed by atoms with Crippen molar-refractivity contribution in [1.29, 1.82) is 0 Å². The fourth-order valence-electron chi connectivity index (χ4n) is 2.78. The molecular formula is C20H16F3NO5S2. The van der Waals surface area contributed by atoms with Crippen molar-refractivity contribution >= 4 is 25.5 Å². The maximum Gasteiger partial charge on any atom is 0.501 e. The molecule has 1 atom stereocenters. The van der Waals surface area contributed by atoms with E-state index in [1.165, 1.54) is 36.4 Å². The van der Waals surface area contributed by atoms with Crippen molar-refractivity contribution in [2.24, 2.45) is 0 Å². The van der Waals surface area contributed by atoms with Crippen LogP contribution in [0.15, 0.2) is 88.7 Å². The van der Waals surface area contributed by atoms with Crippen molar-refractivity contribution in [3.05, 3.63) is 90.0 Å². The van der Waals surface area contributed by atoms with E-state index in [1.807, 2.05) is 0 Å². The first-order valence-electron chi connectivity index (χ1n) is 8.70. The molecular weight excluding hydrogens is 455 g/mol. The molecule has 0 spiro atoms. The molecule has 3 aromatic carbocycles. The van der Waals surface area contributed by atoms with Crippen LogP contribution in [0.3, 0.4) is 0 Å². The van der Waals surface area contributed by atoms with E-state index in [-0.39, 0.29) is 21.7 Å². The van der Waals surface area contributed by atoms with Crippen molar-refractivity contribution in [2.75, 3.05) is 4.72 Å². The number of anilines is 1. The summed E-state index contributed by atoms with van der Waals surface area (Å²) >= 11 is 0. The Balaban J connectivity index is 2.15. The Morgan fingerprint density at radius 1 is 0.774 bits per heavy atom. The number of aliphatic hydroxyl groups is 1. The summed E-state index contributed by atoms with van der Waals surface area (Å²) in [7, 11) is -9.88. The second kappa shape index (κ2) is 8.33. The molecule has 0 aliphatic heterocycles. The van der Waals surface area contributed by atoms with Crippen LogP contribution in [-0.4, -0.2) is 27.5 Å². The van der Waals surface area contributed by atoms with Crippen molar-refractivity contribution in [3.63, 3.8) is 0 Å². The van der Waals surface area contributed by atoms with Gasteiger partial charge in [0.2, 0.25) is 0 Å². The molecule has 31 heavy (non-hydrogen) atoms. The predicted octanol–water partition coefficient (Wildman–Crippen LogP) is 3.86. The number of sulfone groups is 1. The molecule has 0 bridgehead atoms. The summed E-state index contributed by atoms with van der Waals surface area (Å²) < 4.78 is 90.2. The van der Waals surface area contributed by atoms with E-state index in [9.17, 15) is 35.1 Å². The Morgan fingerprint density at radius 3 is 1.87 bits per heavy atom. The quantitative estimate of drug-likeness (QED) is 0.569. The van der Waals surface area contributed by atoms with E-state index in [0.717, 1.165) is 6.07 Å². The van der Waals surface area contributed by atoms with E-state index < -0.39 is 36.4 Å². The zero-order valence-corrected chi connectivity index (χ0v) is 17.2. The van der Waals surface area contributed by atoms with Gasteiger partial charge in [0.1, 0.15) is 6.10 Å². The number of benzene rings is 3. The highest BCUT2D eigenvalue weighted by molar-refractivity contribution is 7.93. The standard InChI is InChI=1S/C20H16F3NO5S2/c21-20(22,23)30(26,27)16-11-12-18(24-31(28,29)15-9-5-2-6-10-15)17(13-16)19(25)14-7-3-1-4-8-14/h1-13,19,24-25H. The lowest BCUT2D eigenvalue weighted by molar-refractivity contribution is -0.0436. The van der Waals surface area contributed by atoms with E-state index in [4.69, 9.17) is 0 Å². The maximum atomic E-state index is 13.0. The molecule has 11 heteroatoms. The van der Waals surface area contributed by atoms with E-state index in [1.54, 1.807) is 24.3 Å². The molecule has 0 amide bonds. The first-order valence-corrected chi connectivity index (χ1v) is 11.7. The van der Waals surface area contributed by atoms with Gasteiger partial charge >= 0.3 is 5.51 Å². The minimum atomic E-state index is -5.72. The average Bonchev–Trinajstić information content (AvgIpc) is 2.73. The summed E-state index contributed by atoms with van der Waals surface area (Å²) in [6, 6.07) is 17.0. The van der Waals surface area contributed by atoms with Gasteiger partial charge in [-0.25, -0.2) is 16.8 Å². The molecule has 6 nitrogen and oxygen atoms in total. The molecule has 2 N–H and O–H groups in total. The summed E-state index contributed by atoms with van der Waals surface area (Å²) in [5, 5.41) is 10.7. The third kappa shape index (κ3) is 4.73. The van der Waals surface area contributed by atoms with Crippen LogP contribution in [-0.2, 0) is 19.9 Å². The number of aliphatic hydroxyl groups excluding tert-OH is 1. The van der Waals surface area contributed by atoms with Gasteiger partial charge < -0.3 is 5.11 Å². The Labute approximate surface area is 177 Å². The van der Waals surface area contributed by atoms with Gasteiger partial charge in [-0.05, 0) is 35.9 Å². The maximum absolute atomic E-state index is 13.0. The number of alkyl halides is 3. The third-order valence-electron chi connectivity index (χ3n) is 4.35. The van der Waals surface area contributed by atoms with Gasteiger partial charge in [-0.3, -0.25) is 4.72 Å². The highest BCUT2D eigenvalue weighted by Gasteiger charge is 2.47. The number of halogens is 3. The first-order chi connectivity index (χ1) is 14.4. The number of sulfonamides is 1. The molecule has 164 valence electrons. The summed E-state index contributed by atoms with van der Waals surface area (Å²) in [6.45, 7) is 0. The second-order valence-electron chi connectivity index (χ2n) is 6.43. The topological polar surface area (TPSA) is 101 Å². The van der Waals surface area contributed by atoms with E-state index in [2.05, 4.69) is 4.72 Å². The molecule has 0 aromatic heterocycles. The lowest BCUT2D eigenvalue weighted by atomic mass is 10.0. The zero-order chi connectivity index (χ0) is 22.9. The van der Waals surface area contributed by atoms with Gasteiger partial charge in [-0.2, -0.15) is 13.2 Å². The molecule has 3 rings (SSSR count). The fraction of sp³-hybridized carbons (Fsp3) is 0.100. The van der Waals surface area contributed by atoms with Crippen LogP contribution < -0.4 is 4.72 Å². The zero-order valence-electron chi connectivity index (χ0n) is 15.6. The van der Waals surface area contributed by atoms with Crippen LogP contribution in [0.5, 0.6) is 0 Å². The monoisotopic (exact) mass is 471 g/mol. The summed E-state index contributed by atoms with van der Waals surface area (Å²) in [6.07, 6.45) is -1.60. The summed E-state index contributed by atoms with van der Waals surface area (Å²) in [5.74, 6) is 0. The molecule has 0 saturated heterocycles. The van der Waals surface area contributed by atoms with Crippen LogP contribution in [0.4, 0.5) is 18.9 Å². The van der Waals surface area contributed by atoms with E-state index >= 15 is 0 Å². The Morgan fingerprint density at radius 2 is 1.32 bits per heavy atom. The Bertz CT molecular complexity index is 1280. The van der Waals surface area contributed by atoms with Gasteiger partial charge in [-0.15, -0.1) is 0 Å². The number of nitrogens with one attached hydrogen (secondary N) is 1. The average molecular weight is 471 g/mol. The number of hydrogen-bond donors (Lipinski definition) is 2. The Kier molecular flexibility index (Phi) is 6.12. The minimum Gasteiger partial charge on any atom is -0.384 e. The van der Waals surface area contributed by atoms with Crippen LogP contribution in [0.1, 0.15) is 17.2 Å².